The van der Waals surface area contributed by atoms with Gasteiger partial charge in [-0.25, -0.2) is 42.7 Å². The molecule has 3 aromatic heterocycles. The molecule has 0 bridgehead atoms. The number of methoxy groups -OCH3 is 5. The fraction of sp³-hybridized carbons (Fsp3) is 0.230. The van der Waals surface area contributed by atoms with Gasteiger partial charge in [0.05, 0.1) is 102 Å². The Morgan fingerprint density at radius 2 is 0.710 bits per heavy atom. The van der Waals surface area contributed by atoms with Crippen LogP contribution in [-0.2, 0) is 63.7 Å². The van der Waals surface area contributed by atoms with Gasteiger partial charge in [-0.1, -0.05) is 89.3 Å². The smallest absolute Gasteiger partial charge is 0.323 e. The standard InChI is InChI=1S/C22H15FN4O4.C21H15ClFN3O4.C21H21N5O4.2C18H14N4O4S/c1-31-17-3-2-15-11-27(19(28)18(15)9-17)12-22(20(29)25-21(30)26-22)5-4-13-6-14(10-24)8-16(23)7-13;1-30-16-3-2-13-10-26(18(27)17(13)9-16)11-21(19(28)24-20(29)25-21)5-4-12-6-14(22)8-15(23)7-12;1-12-16(13(2)25(3)24-12)7-8-21(19(28)22-20(29)23-21)11-26-10-14-5-6-15(30-4)9-17(14)18(26)27;1-26-13-3-2-11-7-22(15(23)14(11)6-13)9-18(16(24)20-17(25)21-18)5-4-12-8-27-10-19-12;1-26-12-3-2-11-9-22(15(23)13(11)8-12)10-18(16(24)20-17(25)21-18)5-4-14-19-6-7-27-14/h2-3,6-9H,11-12H2,1H3,(H2,25,26,29,30);2-3,6-9H,10-11H2,1H3,(H2,24,25,28,29);5-6,9H,10-11H2,1-4H3,(H2,22,23,28,29);2-3,6,8,10H,7,9H2,1H3,(H2,20,21,24,25);2-3,6-8H,9-10H2,1H3,(H2,20,21,24,25)/t22-;2*21-;2*18-/m11111/s1. The molecular formula is C100H79ClF2N20O20S2. The van der Waals surface area contributed by atoms with E-state index < -0.39 is 99.0 Å². The first-order valence-corrected chi connectivity index (χ1v) is 45.7. The molecule has 10 aliphatic rings. The number of nitrogens with one attached hydrogen (secondary N) is 10. The maximum Gasteiger partial charge on any atom is 0.323 e. The number of amides is 20. The van der Waals surface area contributed by atoms with Crippen molar-refractivity contribution in [1.82, 2.24) is 97.4 Å². The second kappa shape index (κ2) is 40.7. The van der Waals surface area contributed by atoms with E-state index in [-0.39, 0.29) is 97.1 Å². The minimum Gasteiger partial charge on any atom is -0.497 e. The topological polar surface area (TPSA) is 506 Å². The molecule has 10 N–H and O–H groups in total. The Balaban J connectivity index is 0.000000130. The number of aryl methyl sites for hydroxylation is 2. The number of fused-ring (bicyclic) bond motifs is 5. The molecule has 0 saturated carbocycles. The summed E-state index contributed by atoms with van der Waals surface area (Å²) >= 11 is 8.54. The van der Waals surface area contributed by atoms with Crippen LogP contribution in [0.1, 0.15) is 124 Å². The van der Waals surface area contributed by atoms with Crippen molar-refractivity contribution in [3.8, 4) is 94.0 Å². The molecule has 145 heavy (non-hydrogen) atoms. The Kier molecular flexibility index (Phi) is 28.0. The van der Waals surface area contributed by atoms with Crippen molar-refractivity contribution in [3.63, 3.8) is 0 Å². The Labute approximate surface area is 835 Å². The van der Waals surface area contributed by atoms with E-state index >= 15 is 0 Å². The van der Waals surface area contributed by atoms with Crippen LogP contribution in [0.25, 0.3) is 0 Å². The van der Waals surface area contributed by atoms with Gasteiger partial charge < -0.3 is 74.8 Å². The molecule has 0 radical (unpaired) electrons. The van der Waals surface area contributed by atoms with Crippen LogP contribution in [-0.4, -0.2) is 229 Å². The maximum atomic E-state index is 13.7. The highest BCUT2D eigenvalue weighted by Crippen LogP contribution is 2.36. The van der Waals surface area contributed by atoms with Crippen LogP contribution < -0.4 is 76.9 Å². The summed E-state index contributed by atoms with van der Waals surface area (Å²) in [4.78, 5) is 202. The number of nitriles is 1. The van der Waals surface area contributed by atoms with E-state index in [2.05, 4.69) is 127 Å². The van der Waals surface area contributed by atoms with E-state index in [9.17, 15) is 80.7 Å². The third-order valence-electron chi connectivity index (χ3n) is 24.1. The number of halogens is 3. The number of hydrogen-bond acceptors (Lipinski definition) is 26. The highest BCUT2D eigenvalue weighted by molar-refractivity contribution is 7.10. The summed E-state index contributed by atoms with van der Waals surface area (Å²) in [5.41, 5.74) is 3.27. The minimum absolute atomic E-state index is 0.0670. The molecule has 20 rings (SSSR count). The molecule has 10 aromatic rings. The molecule has 13 heterocycles. The van der Waals surface area contributed by atoms with E-state index in [4.69, 9.17) is 40.5 Å². The van der Waals surface area contributed by atoms with E-state index in [1.165, 1.54) is 94.9 Å². The molecule has 0 aliphatic carbocycles. The molecule has 0 spiro atoms. The Bertz CT molecular complexity index is 7440. The average molecular weight is 2020 g/mol. The van der Waals surface area contributed by atoms with Crippen molar-refractivity contribution in [2.45, 2.75) is 74.3 Å². The normalized spacial score (nSPS) is 20.0. The van der Waals surface area contributed by atoms with Gasteiger partial charge in [-0.3, -0.25) is 79.2 Å². The zero-order valence-corrected chi connectivity index (χ0v) is 80.0. The van der Waals surface area contributed by atoms with Gasteiger partial charge in [-0.05, 0) is 151 Å². The molecular weight excluding hydrogens is 1940 g/mol. The van der Waals surface area contributed by atoms with Crippen LogP contribution in [0.4, 0.5) is 32.8 Å². The lowest BCUT2D eigenvalue weighted by Gasteiger charge is -2.26. The molecule has 5 atom stereocenters. The Hall–Kier alpha value is -18.5. The average Bonchev–Trinajstić information content (AvgIpc) is 1.62. The maximum absolute atomic E-state index is 13.7. The summed E-state index contributed by atoms with van der Waals surface area (Å²) in [6, 6.07) is 31.7. The first-order chi connectivity index (χ1) is 69.4. The first-order valence-electron chi connectivity index (χ1n) is 43.5. The van der Waals surface area contributed by atoms with Crippen LogP contribution in [0.5, 0.6) is 28.7 Å². The number of ether oxygens (including phenoxy) is 5. The summed E-state index contributed by atoms with van der Waals surface area (Å²) in [5.74, 6) is 24.9. The van der Waals surface area contributed by atoms with Gasteiger partial charge in [0, 0.05) is 101 Å². The van der Waals surface area contributed by atoms with Crippen molar-refractivity contribution in [3.05, 3.63) is 266 Å². The second-order valence-corrected chi connectivity index (χ2v) is 35.7. The van der Waals surface area contributed by atoms with Crippen molar-refractivity contribution >= 4 is 124 Å². The number of rotatable bonds is 15. The van der Waals surface area contributed by atoms with Crippen molar-refractivity contribution in [2.75, 3.05) is 68.3 Å². The number of imide groups is 5. The summed E-state index contributed by atoms with van der Waals surface area (Å²) in [6.45, 7) is 4.51. The minimum atomic E-state index is -1.72. The van der Waals surface area contributed by atoms with Gasteiger partial charge in [0.25, 0.3) is 59.1 Å². The van der Waals surface area contributed by atoms with Crippen LogP contribution in [0.15, 0.2) is 150 Å². The molecule has 45 heteroatoms. The number of carbonyl (C=O) groups is 15. The number of carbonyl (C=O) groups excluding carboxylic acids is 15. The first kappa shape index (κ1) is 99.5. The number of thiazole rings is 2. The van der Waals surface area contributed by atoms with E-state index in [1.807, 2.05) is 45.2 Å². The molecule has 10 aliphatic heterocycles. The number of aromatic nitrogens is 4. The third-order valence-corrected chi connectivity index (χ3v) is 25.6. The van der Waals surface area contributed by atoms with Crippen molar-refractivity contribution in [2.24, 2.45) is 7.05 Å². The lowest BCUT2D eigenvalue weighted by molar-refractivity contribution is -0.123. The van der Waals surface area contributed by atoms with E-state index in [1.54, 1.807) is 99.9 Å². The lowest BCUT2D eigenvalue weighted by atomic mass is 9.98. The number of hydrogen-bond donors (Lipinski definition) is 10. The summed E-state index contributed by atoms with van der Waals surface area (Å²) in [7, 11) is 9.39. The van der Waals surface area contributed by atoms with Crippen molar-refractivity contribution in [1.29, 1.82) is 5.26 Å². The summed E-state index contributed by atoms with van der Waals surface area (Å²) in [6.07, 6.45) is 1.60. The molecule has 0 unspecified atom stereocenters. The zero-order valence-electron chi connectivity index (χ0n) is 77.6. The third kappa shape index (κ3) is 20.9. The van der Waals surface area contributed by atoms with Crippen LogP contribution in [0.3, 0.4) is 0 Å². The fourth-order valence-corrected chi connectivity index (χ4v) is 18.0. The monoisotopic (exact) mass is 2020 g/mol. The van der Waals surface area contributed by atoms with Crippen LogP contribution in [0.2, 0.25) is 5.02 Å². The van der Waals surface area contributed by atoms with Crippen LogP contribution >= 0.6 is 34.3 Å². The number of nitrogens with zero attached hydrogens (tertiary/aromatic N) is 10. The molecule has 7 aromatic carbocycles. The zero-order chi connectivity index (χ0) is 103. The van der Waals surface area contributed by atoms with E-state index in [0.29, 0.717) is 92.5 Å². The fourth-order valence-electron chi connectivity index (χ4n) is 16.8. The van der Waals surface area contributed by atoms with Gasteiger partial charge in [-0.2, -0.15) is 10.4 Å². The van der Waals surface area contributed by atoms with Gasteiger partial charge in [-0.15, -0.1) is 22.7 Å². The highest BCUT2D eigenvalue weighted by Gasteiger charge is 2.54. The summed E-state index contributed by atoms with van der Waals surface area (Å²) in [5, 5.41) is 41.1. The molecule has 5 saturated heterocycles. The number of benzene rings is 7. The second-order valence-electron chi connectivity index (χ2n) is 33.6. The predicted molar refractivity (Wildman–Crippen MR) is 510 cm³/mol. The van der Waals surface area contributed by atoms with Crippen molar-refractivity contribution < 1.29 is 104 Å². The highest BCUT2D eigenvalue weighted by atomic mass is 35.5. The summed E-state index contributed by atoms with van der Waals surface area (Å²) < 4.78 is 54.8. The number of urea groups is 5. The van der Waals surface area contributed by atoms with E-state index in [0.717, 1.165) is 63.5 Å². The Morgan fingerprint density at radius 1 is 0.400 bits per heavy atom. The van der Waals surface area contributed by atoms with Gasteiger partial charge in [0.15, 0.2) is 5.01 Å². The largest absolute Gasteiger partial charge is 0.497 e. The van der Waals surface area contributed by atoms with Gasteiger partial charge >= 0.3 is 30.2 Å². The van der Waals surface area contributed by atoms with Crippen LogP contribution in [0, 0.1) is 96.0 Å². The molecule has 40 nitrogen and oxygen atoms in total. The van der Waals surface area contributed by atoms with Gasteiger partial charge in [0.1, 0.15) is 46.1 Å². The predicted octanol–water partition coefficient (Wildman–Crippen LogP) is 5.47. The van der Waals surface area contributed by atoms with Gasteiger partial charge in [0.2, 0.25) is 27.7 Å². The lowest BCUT2D eigenvalue weighted by Crippen LogP contribution is -2.54. The SMILES string of the molecule is COc1ccc2c(c1)C(=O)N(C[C@@]1(C#Cc3c(C)nn(C)c3C)NC(=O)NC1=O)C2.COc1ccc2c(c1)C(=O)N(C[C@@]1(C#Cc3cc(F)cc(C#N)c3)NC(=O)NC1=O)C2.COc1ccc2c(c1)C(=O)N(C[C@@]1(C#Cc3cc(F)cc(Cl)c3)NC(=O)NC1=O)C2.COc1ccc2c(c1)C(=O)N(C[C@@]1(C#Cc3cscn3)NC(=O)NC1=O)C2.COc1ccc2c(c1)C(=O)N(C[C@@]1(C#Cc3nccs3)NC(=O)NC1=O)C2. The quantitative estimate of drug-likeness (QED) is 0.0449. The molecule has 5 fully saturated rings. The molecule has 20 amide bonds. The molecule has 732 valence electrons. The Morgan fingerprint density at radius 3 is 0.986 bits per heavy atom.